The van der Waals surface area contributed by atoms with Crippen molar-refractivity contribution >= 4 is 27.5 Å². The van der Waals surface area contributed by atoms with Crippen LogP contribution in [-0.2, 0) is 10.0 Å². The van der Waals surface area contributed by atoms with Crippen molar-refractivity contribution in [3.05, 3.63) is 83.3 Å². The van der Waals surface area contributed by atoms with Gasteiger partial charge in [0.15, 0.2) is 5.76 Å². The fraction of sp³-hybridized carbons (Fsp3) is 0.100. The van der Waals surface area contributed by atoms with E-state index in [1.54, 1.807) is 25.1 Å². The Bertz CT molecular complexity index is 1140. The summed E-state index contributed by atoms with van der Waals surface area (Å²) in [5, 5.41) is 0. The minimum Gasteiger partial charge on any atom is -0.459 e. The minimum atomic E-state index is -3.76. The zero-order valence-electron chi connectivity index (χ0n) is 15.7. The summed E-state index contributed by atoms with van der Waals surface area (Å²) >= 11 is 0. The van der Waals surface area contributed by atoms with Crippen LogP contribution in [0.15, 0.2) is 70.2 Å². The molecule has 8 nitrogen and oxygen atoms in total. The van der Waals surface area contributed by atoms with Crippen LogP contribution in [0.1, 0.15) is 32.0 Å². The second-order valence-corrected chi connectivity index (χ2v) is 7.99. The number of hydrazine groups is 1. The van der Waals surface area contributed by atoms with Gasteiger partial charge in [-0.2, -0.15) is 0 Å². The summed E-state index contributed by atoms with van der Waals surface area (Å²) in [5.41, 5.74) is 6.49. The normalized spacial score (nSPS) is 11.0. The Morgan fingerprint density at radius 3 is 2.24 bits per heavy atom. The largest absolute Gasteiger partial charge is 0.459 e. The lowest BCUT2D eigenvalue weighted by Gasteiger charge is -2.12. The Hall–Kier alpha value is -3.59. The molecule has 2 aromatic carbocycles. The molecule has 0 fully saturated rings. The molecule has 29 heavy (non-hydrogen) atoms. The van der Waals surface area contributed by atoms with Crippen molar-refractivity contribution in [3.8, 4) is 0 Å². The van der Waals surface area contributed by atoms with E-state index in [-0.39, 0.29) is 16.2 Å². The molecule has 2 amide bonds. The van der Waals surface area contributed by atoms with E-state index in [1.165, 1.54) is 36.6 Å². The lowest BCUT2D eigenvalue weighted by molar-refractivity contribution is 0.0831. The van der Waals surface area contributed by atoms with E-state index in [0.717, 1.165) is 5.56 Å². The van der Waals surface area contributed by atoms with Crippen LogP contribution in [0.3, 0.4) is 0 Å². The fourth-order valence-electron chi connectivity index (χ4n) is 2.55. The van der Waals surface area contributed by atoms with Crippen LogP contribution >= 0.6 is 0 Å². The number of carbonyl (C=O) groups is 2. The van der Waals surface area contributed by atoms with E-state index >= 15 is 0 Å². The Labute approximate surface area is 168 Å². The molecule has 3 rings (SSSR count). The molecule has 0 radical (unpaired) electrons. The third-order valence-electron chi connectivity index (χ3n) is 4.07. The molecule has 0 saturated heterocycles. The zero-order valence-corrected chi connectivity index (χ0v) is 16.5. The first-order chi connectivity index (χ1) is 13.8. The first-order valence-electron chi connectivity index (χ1n) is 8.60. The van der Waals surface area contributed by atoms with Crippen LogP contribution in [0.4, 0.5) is 5.69 Å². The molecule has 3 aromatic rings. The van der Waals surface area contributed by atoms with Gasteiger partial charge in [0.2, 0.25) is 0 Å². The number of anilines is 1. The van der Waals surface area contributed by atoms with Gasteiger partial charge in [-0.05, 0) is 67.4 Å². The summed E-state index contributed by atoms with van der Waals surface area (Å²) in [4.78, 5) is 24.1. The Morgan fingerprint density at radius 1 is 0.897 bits per heavy atom. The summed E-state index contributed by atoms with van der Waals surface area (Å²) in [7, 11) is -3.76. The highest BCUT2D eigenvalue weighted by atomic mass is 32.2. The van der Waals surface area contributed by atoms with Gasteiger partial charge < -0.3 is 4.42 Å². The molecule has 0 spiro atoms. The quantitative estimate of drug-likeness (QED) is 0.556. The molecule has 9 heteroatoms. The highest BCUT2D eigenvalue weighted by molar-refractivity contribution is 7.92. The van der Waals surface area contributed by atoms with E-state index < -0.39 is 21.8 Å². The second-order valence-electron chi connectivity index (χ2n) is 6.34. The van der Waals surface area contributed by atoms with E-state index in [2.05, 4.69) is 15.6 Å². The van der Waals surface area contributed by atoms with E-state index in [4.69, 9.17) is 4.42 Å². The molecule has 0 aliphatic carbocycles. The Balaban J connectivity index is 1.66. The first kappa shape index (κ1) is 20.2. The molecule has 0 atom stereocenters. The third kappa shape index (κ3) is 4.82. The molecule has 1 aromatic heterocycles. The van der Waals surface area contributed by atoms with E-state index in [9.17, 15) is 18.0 Å². The highest BCUT2D eigenvalue weighted by Gasteiger charge is 2.17. The topological polar surface area (TPSA) is 118 Å². The molecule has 1 heterocycles. The molecule has 150 valence electrons. The number of hydrogen-bond acceptors (Lipinski definition) is 5. The SMILES string of the molecule is Cc1ccc(C)c(S(=O)(=O)Nc2ccc(C(=O)NNC(=O)c3ccco3)cc2)c1. The number of benzene rings is 2. The average molecular weight is 413 g/mol. The lowest BCUT2D eigenvalue weighted by atomic mass is 10.2. The molecule has 0 saturated carbocycles. The number of carbonyl (C=O) groups excluding carboxylic acids is 2. The Morgan fingerprint density at radius 2 is 1.59 bits per heavy atom. The molecule has 0 unspecified atom stereocenters. The fourth-order valence-corrected chi connectivity index (χ4v) is 3.94. The van der Waals surface area contributed by atoms with E-state index in [0.29, 0.717) is 11.3 Å². The first-order valence-corrected chi connectivity index (χ1v) is 10.1. The maximum Gasteiger partial charge on any atom is 0.305 e. The van der Waals surface area contributed by atoms with Crippen molar-refractivity contribution in [2.24, 2.45) is 0 Å². The molecule has 0 aliphatic heterocycles. The van der Waals surface area contributed by atoms with Gasteiger partial charge in [-0.25, -0.2) is 8.42 Å². The molecule has 3 N–H and O–H groups in total. The van der Waals surface area contributed by atoms with Gasteiger partial charge in [0.1, 0.15) is 0 Å². The van der Waals surface area contributed by atoms with Gasteiger partial charge >= 0.3 is 5.91 Å². The number of rotatable bonds is 5. The van der Waals surface area contributed by atoms with Crippen molar-refractivity contribution in [3.63, 3.8) is 0 Å². The van der Waals surface area contributed by atoms with Crippen molar-refractivity contribution in [2.45, 2.75) is 18.7 Å². The highest BCUT2D eigenvalue weighted by Crippen LogP contribution is 2.21. The van der Waals surface area contributed by atoms with Gasteiger partial charge in [0.05, 0.1) is 11.2 Å². The zero-order chi connectivity index (χ0) is 21.0. The van der Waals surface area contributed by atoms with Crippen molar-refractivity contribution < 1.29 is 22.4 Å². The number of hydrogen-bond donors (Lipinski definition) is 3. The summed E-state index contributed by atoms with van der Waals surface area (Å²) in [6.45, 7) is 3.54. The van der Waals surface area contributed by atoms with Gasteiger partial charge in [0.25, 0.3) is 15.9 Å². The smallest absolute Gasteiger partial charge is 0.305 e. The standard InChI is InChI=1S/C20H19N3O5S/c1-13-5-6-14(2)18(12-13)29(26,27)23-16-9-7-15(8-10-16)19(24)21-22-20(25)17-4-3-11-28-17/h3-12,23H,1-2H3,(H,21,24)(H,22,25). The summed E-state index contributed by atoms with van der Waals surface area (Å²) in [6, 6.07) is 14.0. The van der Waals surface area contributed by atoms with Crippen LogP contribution in [-0.4, -0.2) is 20.2 Å². The minimum absolute atomic E-state index is 0.0569. The van der Waals surface area contributed by atoms with Crippen molar-refractivity contribution in [1.82, 2.24) is 10.9 Å². The summed E-state index contributed by atoms with van der Waals surface area (Å²) in [5.74, 6) is -1.10. The van der Waals surface area contributed by atoms with Gasteiger partial charge in [-0.1, -0.05) is 12.1 Å². The van der Waals surface area contributed by atoms with Gasteiger partial charge in [0, 0.05) is 11.3 Å². The van der Waals surface area contributed by atoms with Crippen LogP contribution in [0.25, 0.3) is 0 Å². The Kier molecular flexibility index (Phi) is 5.69. The van der Waals surface area contributed by atoms with Crippen LogP contribution in [0.5, 0.6) is 0 Å². The third-order valence-corrected chi connectivity index (χ3v) is 5.59. The molecular formula is C20H19N3O5S. The van der Waals surface area contributed by atoms with Crippen LogP contribution < -0.4 is 15.6 Å². The molecule has 0 bridgehead atoms. The average Bonchev–Trinajstić information content (AvgIpc) is 3.23. The van der Waals surface area contributed by atoms with Crippen molar-refractivity contribution in [2.75, 3.05) is 4.72 Å². The maximum atomic E-state index is 12.6. The van der Waals surface area contributed by atoms with Crippen LogP contribution in [0, 0.1) is 13.8 Å². The predicted molar refractivity (Wildman–Crippen MR) is 107 cm³/mol. The summed E-state index contributed by atoms with van der Waals surface area (Å²) < 4.78 is 32.7. The van der Waals surface area contributed by atoms with Crippen LogP contribution in [0.2, 0.25) is 0 Å². The van der Waals surface area contributed by atoms with Gasteiger partial charge in [-0.15, -0.1) is 0 Å². The number of sulfonamides is 1. The number of aryl methyl sites for hydroxylation is 2. The number of nitrogens with one attached hydrogen (secondary N) is 3. The molecular weight excluding hydrogens is 394 g/mol. The summed E-state index contributed by atoms with van der Waals surface area (Å²) in [6.07, 6.45) is 1.34. The lowest BCUT2D eigenvalue weighted by Crippen LogP contribution is -2.41. The number of amides is 2. The second kappa shape index (κ2) is 8.19. The monoisotopic (exact) mass is 413 g/mol. The molecule has 0 aliphatic rings. The van der Waals surface area contributed by atoms with E-state index in [1.807, 2.05) is 13.0 Å². The maximum absolute atomic E-state index is 12.6. The van der Waals surface area contributed by atoms with Crippen molar-refractivity contribution in [1.29, 1.82) is 0 Å². The van der Waals surface area contributed by atoms with Gasteiger partial charge in [-0.3, -0.25) is 25.2 Å². The predicted octanol–water partition coefficient (Wildman–Crippen LogP) is 2.77. The number of furan rings is 1.